The molecule has 0 aliphatic heterocycles. The summed E-state index contributed by atoms with van der Waals surface area (Å²) in [5.74, 6) is 0.771. The largest absolute Gasteiger partial charge is 0.493 e. The minimum Gasteiger partial charge on any atom is -0.493 e. The van der Waals surface area contributed by atoms with Crippen molar-refractivity contribution in [3.8, 4) is 11.5 Å². The second-order valence-electron chi connectivity index (χ2n) is 7.14. The molecule has 2 N–H and O–H groups in total. The average Bonchev–Trinajstić information content (AvgIpc) is 3.23. The van der Waals surface area contributed by atoms with Crippen LogP contribution in [0.4, 0.5) is 0 Å². The van der Waals surface area contributed by atoms with E-state index in [9.17, 15) is 4.79 Å². The molecule has 3 aromatic carbocycles. The molecule has 4 aromatic rings. The molecule has 0 bridgehead atoms. The summed E-state index contributed by atoms with van der Waals surface area (Å²) in [6.07, 6.45) is 1.99. The van der Waals surface area contributed by atoms with Crippen molar-refractivity contribution in [2.75, 3.05) is 20.8 Å². The van der Waals surface area contributed by atoms with Gasteiger partial charge in [-0.15, -0.1) is 0 Å². The van der Waals surface area contributed by atoms with E-state index in [1.807, 2.05) is 48.7 Å². The molecule has 0 aliphatic carbocycles. The van der Waals surface area contributed by atoms with Gasteiger partial charge in [-0.3, -0.25) is 4.79 Å². The lowest BCUT2D eigenvalue weighted by atomic mass is 9.90. The Kier molecular flexibility index (Phi) is 6.14. The van der Waals surface area contributed by atoms with Gasteiger partial charge in [0.2, 0.25) is 0 Å². The Morgan fingerprint density at radius 3 is 2.48 bits per heavy atom. The highest BCUT2D eigenvalue weighted by molar-refractivity contribution is 6.31. The molecule has 1 aromatic heterocycles. The number of amides is 1. The first-order chi connectivity index (χ1) is 15.1. The normalized spacial score (nSPS) is 11.8. The van der Waals surface area contributed by atoms with Gasteiger partial charge in [-0.2, -0.15) is 0 Å². The van der Waals surface area contributed by atoms with Crippen molar-refractivity contribution in [1.82, 2.24) is 10.3 Å². The van der Waals surface area contributed by atoms with Gasteiger partial charge in [0.25, 0.3) is 5.91 Å². The highest BCUT2D eigenvalue weighted by Crippen LogP contribution is 2.34. The molecule has 1 atom stereocenters. The topological polar surface area (TPSA) is 63.3 Å². The number of carbonyl (C=O) groups excluding carboxylic acids is 1. The van der Waals surface area contributed by atoms with E-state index < -0.39 is 0 Å². The molecule has 6 heteroatoms. The van der Waals surface area contributed by atoms with Gasteiger partial charge in [-0.05, 0) is 41.5 Å². The van der Waals surface area contributed by atoms with Crippen LogP contribution in [0, 0.1) is 0 Å². The molecule has 4 rings (SSSR count). The number of methoxy groups -OCH3 is 2. The molecule has 1 amide bonds. The number of nitrogens with one attached hydrogen (secondary N) is 2. The molecular formula is C25H23ClN2O3. The van der Waals surface area contributed by atoms with Crippen LogP contribution in [0.2, 0.25) is 5.02 Å². The van der Waals surface area contributed by atoms with Gasteiger partial charge < -0.3 is 19.8 Å². The van der Waals surface area contributed by atoms with Crippen molar-refractivity contribution in [3.05, 3.63) is 94.6 Å². The molecule has 158 valence electrons. The van der Waals surface area contributed by atoms with Crippen LogP contribution >= 0.6 is 11.6 Å². The SMILES string of the molecule is COc1ccc(C(=O)NC[C@@H](c2ccccc2Cl)c2c[nH]c3ccccc23)cc1OC. The first-order valence-corrected chi connectivity index (χ1v) is 10.3. The van der Waals surface area contributed by atoms with Crippen LogP contribution in [0.15, 0.2) is 72.9 Å². The number of aromatic amines is 1. The quantitative estimate of drug-likeness (QED) is 0.409. The molecule has 0 saturated heterocycles. The van der Waals surface area contributed by atoms with Crippen molar-refractivity contribution < 1.29 is 14.3 Å². The van der Waals surface area contributed by atoms with Crippen LogP contribution in [0.5, 0.6) is 11.5 Å². The molecule has 0 spiro atoms. The van der Waals surface area contributed by atoms with Crippen LogP contribution < -0.4 is 14.8 Å². The number of carbonyl (C=O) groups is 1. The smallest absolute Gasteiger partial charge is 0.251 e. The highest BCUT2D eigenvalue weighted by atomic mass is 35.5. The lowest BCUT2D eigenvalue weighted by Crippen LogP contribution is -2.29. The zero-order valence-electron chi connectivity index (χ0n) is 17.3. The monoisotopic (exact) mass is 434 g/mol. The molecule has 0 aliphatic rings. The Bertz CT molecular complexity index is 1220. The summed E-state index contributed by atoms with van der Waals surface area (Å²) in [6, 6.07) is 20.9. The van der Waals surface area contributed by atoms with Gasteiger partial charge in [-0.1, -0.05) is 48.0 Å². The lowest BCUT2D eigenvalue weighted by molar-refractivity contribution is 0.0952. The number of H-pyrrole nitrogens is 1. The summed E-state index contributed by atoms with van der Waals surface area (Å²) in [4.78, 5) is 16.2. The van der Waals surface area contributed by atoms with E-state index in [2.05, 4.69) is 16.4 Å². The second-order valence-corrected chi connectivity index (χ2v) is 7.55. The number of rotatable bonds is 7. The Labute approximate surface area is 186 Å². The number of ether oxygens (including phenoxy) is 2. The average molecular weight is 435 g/mol. The van der Waals surface area contributed by atoms with Gasteiger partial charge in [0.1, 0.15) is 0 Å². The second kappa shape index (κ2) is 9.14. The standard InChI is InChI=1S/C25H23ClN2O3/c1-30-23-12-11-16(13-24(23)31-2)25(29)28-15-19(17-7-3-5-9-21(17)26)20-14-27-22-10-6-4-8-18(20)22/h3-14,19,27H,15H2,1-2H3,(H,28,29)/t19-/m0/s1. The molecule has 0 fully saturated rings. The number of benzene rings is 3. The summed E-state index contributed by atoms with van der Waals surface area (Å²) in [5, 5.41) is 4.83. The predicted octanol–water partition coefficient (Wildman–Crippen LogP) is 5.40. The Balaban J connectivity index is 1.65. The van der Waals surface area contributed by atoms with Crippen molar-refractivity contribution in [2.24, 2.45) is 0 Å². The lowest BCUT2D eigenvalue weighted by Gasteiger charge is -2.19. The molecule has 0 unspecified atom stereocenters. The number of hydrogen-bond donors (Lipinski definition) is 2. The number of para-hydroxylation sites is 1. The fraction of sp³-hybridized carbons (Fsp3) is 0.160. The third-order valence-electron chi connectivity index (χ3n) is 5.39. The van der Waals surface area contributed by atoms with E-state index in [1.54, 1.807) is 32.4 Å². The van der Waals surface area contributed by atoms with Crippen molar-refractivity contribution in [2.45, 2.75) is 5.92 Å². The number of fused-ring (bicyclic) bond motifs is 1. The van der Waals surface area contributed by atoms with Crippen LogP contribution in [-0.4, -0.2) is 31.7 Å². The maximum atomic E-state index is 12.9. The van der Waals surface area contributed by atoms with Gasteiger partial charge in [0.05, 0.1) is 14.2 Å². The molecule has 0 saturated carbocycles. The summed E-state index contributed by atoms with van der Waals surface area (Å²) < 4.78 is 10.6. The summed E-state index contributed by atoms with van der Waals surface area (Å²) in [5.41, 5.74) is 3.58. The minimum absolute atomic E-state index is 0.117. The summed E-state index contributed by atoms with van der Waals surface area (Å²) >= 11 is 6.54. The third-order valence-corrected chi connectivity index (χ3v) is 5.73. The van der Waals surface area contributed by atoms with Gasteiger partial charge >= 0.3 is 0 Å². The first-order valence-electron chi connectivity index (χ1n) is 9.93. The Hall–Kier alpha value is -3.44. The Morgan fingerprint density at radius 2 is 1.71 bits per heavy atom. The predicted molar refractivity (Wildman–Crippen MR) is 123 cm³/mol. The van der Waals surface area contributed by atoms with Crippen LogP contribution in [0.25, 0.3) is 10.9 Å². The van der Waals surface area contributed by atoms with Crippen LogP contribution in [0.1, 0.15) is 27.4 Å². The number of halogens is 1. The number of hydrogen-bond acceptors (Lipinski definition) is 3. The van der Waals surface area contributed by atoms with Gasteiger partial charge in [0.15, 0.2) is 11.5 Å². The van der Waals surface area contributed by atoms with Gasteiger partial charge in [0, 0.05) is 40.1 Å². The maximum absolute atomic E-state index is 12.9. The van der Waals surface area contributed by atoms with Crippen LogP contribution in [0.3, 0.4) is 0 Å². The van der Waals surface area contributed by atoms with E-state index in [0.717, 1.165) is 22.0 Å². The van der Waals surface area contributed by atoms with E-state index in [4.69, 9.17) is 21.1 Å². The minimum atomic E-state index is -0.196. The van der Waals surface area contributed by atoms with Crippen molar-refractivity contribution >= 4 is 28.4 Å². The van der Waals surface area contributed by atoms with Crippen molar-refractivity contribution in [3.63, 3.8) is 0 Å². The first kappa shape index (κ1) is 20.8. The summed E-state index contributed by atoms with van der Waals surface area (Å²) in [7, 11) is 3.11. The fourth-order valence-corrected chi connectivity index (χ4v) is 4.07. The zero-order valence-corrected chi connectivity index (χ0v) is 18.1. The maximum Gasteiger partial charge on any atom is 0.251 e. The number of aromatic nitrogens is 1. The van der Waals surface area contributed by atoms with E-state index in [1.165, 1.54) is 0 Å². The molecule has 5 nitrogen and oxygen atoms in total. The van der Waals surface area contributed by atoms with Gasteiger partial charge in [-0.25, -0.2) is 0 Å². The molecule has 1 heterocycles. The Morgan fingerprint density at radius 1 is 0.968 bits per heavy atom. The summed E-state index contributed by atoms with van der Waals surface area (Å²) in [6.45, 7) is 0.388. The van der Waals surface area contributed by atoms with E-state index >= 15 is 0 Å². The van der Waals surface area contributed by atoms with E-state index in [0.29, 0.717) is 28.6 Å². The zero-order chi connectivity index (χ0) is 21.8. The highest BCUT2D eigenvalue weighted by Gasteiger charge is 2.21. The van der Waals surface area contributed by atoms with Crippen molar-refractivity contribution in [1.29, 1.82) is 0 Å². The van der Waals surface area contributed by atoms with Crippen LogP contribution in [-0.2, 0) is 0 Å². The molecular weight excluding hydrogens is 412 g/mol. The molecule has 31 heavy (non-hydrogen) atoms. The van der Waals surface area contributed by atoms with E-state index in [-0.39, 0.29) is 11.8 Å². The third kappa shape index (κ3) is 4.23. The fourth-order valence-electron chi connectivity index (χ4n) is 3.80. The molecule has 0 radical (unpaired) electrons.